The predicted octanol–water partition coefficient (Wildman–Crippen LogP) is 4.07. The van der Waals surface area contributed by atoms with Gasteiger partial charge in [0.25, 0.3) is 5.56 Å². The smallest absolute Gasteiger partial charge is 0.267 e. The molecule has 128 valence electrons. The van der Waals surface area contributed by atoms with Gasteiger partial charge in [0, 0.05) is 23.2 Å². The molecule has 0 unspecified atom stereocenters. The highest BCUT2D eigenvalue weighted by molar-refractivity contribution is 5.78. The Balaban J connectivity index is 1.77. The maximum absolute atomic E-state index is 12.5. The molecule has 26 heavy (non-hydrogen) atoms. The summed E-state index contributed by atoms with van der Waals surface area (Å²) in [5.41, 5.74) is 4.67. The van der Waals surface area contributed by atoms with Crippen LogP contribution in [0.3, 0.4) is 0 Å². The van der Waals surface area contributed by atoms with Crippen molar-refractivity contribution < 1.29 is 0 Å². The van der Waals surface area contributed by atoms with Gasteiger partial charge in [-0.2, -0.15) is 5.10 Å². The molecule has 0 fully saturated rings. The van der Waals surface area contributed by atoms with Crippen molar-refractivity contribution in [3.05, 3.63) is 94.4 Å². The van der Waals surface area contributed by atoms with Crippen molar-refractivity contribution in [1.29, 1.82) is 0 Å². The minimum atomic E-state index is -0.0883. The predicted molar refractivity (Wildman–Crippen MR) is 104 cm³/mol. The maximum atomic E-state index is 12.5. The first kappa shape index (κ1) is 16.2. The molecule has 0 N–H and O–H groups in total. The van der Waals surface area contributed by atoms with Crippen LogP contribution in [0.2, 0.25) is 0 Å². The fourth-order valence-electron chi connectivity index (χ4n) is 3.12. The van der Waals surface area contributed by atoms with Crippen molar-refractivity contribution >= 4 is 10.9 Å². The van der Waals surface area contributed by atoms with Crippen LogP contribution >= 0.6 is 0 Å². The Morgan fingerprint density at radius 1 is 0.962 bits per heavy atom. The number of hydrogen-bond donors (Lipinski definition) is 0. The van der Waals surface area contributed by atoms with E-state index in [2.05, 4.69) is 16.1 Å². The number of hydrogen-bond acceptors (Lipinski definition) is 3. The zero-order chi connectivity index (χ0) is 17.9. The van der Waals surface area contributed by atoms with Crippen LogP contribution in [0.4, 0.5) is 0 Å². The number of nitrogens with zero attached hydrogens (tertiary/aromatic N) is 3. The number of aromatic nitrogens is 3. The van der Waals surface area contributed by atoms with E-state index in [9.17, 15) is 4.79 Å². The zero-order valence-electron chi connectivity index (χ0n) is 14.6. The van der Waals surface area contributed by atoms with E-state index in [1.165, 1.54) is 4.68 Å². The molecule has 0 saturated carbocycles. The molecule has 4 nitrogen and oxygen atoms in total. The van der Waals surface area contributed by atoms with Crippen LogP contribution in [0, 0.1) is 0 Å². The van der Waals surface area contributed by atoms with Crippen LogP contribution < -0.4 is 5.56 Å². The lowest BCUT2D eigenvalue weighted by molar-refractivity contribution is 0.637. The normalized spacial score (nSPS) is 11.0. The summed E-state index contributed by atoms with van der Waals surface area (Å²) in [5.74, 6) is 0. The lowest BCUT2D eigenvalue weighted by Crippen LogP contribution is -2.24. The van der Waals surface area contributed by atoms with Crippen molar-refractivity contribution in [2.75, 3.05) is 0 Å². The summed E-state index contributed by atoms with van der Waals surface area (Å²) < 4.78 is 1.52. The van der Waals surface area contributed by atoms with E-state index < -0.39 is 0 Å². The molecule has 4 rings (SSSR count). The van der Waals surface area contributed by atoms with Gasteiger partial charge in [0.15, 0.2) is 0 Å². The second-order valence-corrected chi connectivity index (χ2v) is 6.27. The van der Waals surface area contributed by atoms with Gasteiger partial charge >= 0.3 is 0 Å². The number of para-hydroxylation sites is 1. The van der Waals surface area contributed by atoms with E-state index in [0.717, 1.165) is 39.7 Å². The number of pyridine rings is 1. The van der Waals surface area contributed by atoms with E-state index in [1.807, 2.05) is 67.7 Å². The average Bonchev–Trinajstić information content (AvgIpc) is 2.69. The van der Waals surface area contributed by atoms with Crippen LogP contribution in [-0.4, -0.2) is 14.8 Å². The monoisotopic (exact) mass is 341 g/mol. The SMILES string of the molecule is CCc1cc(=O)n(Cc2cnc3ccccc3c2)nc1-c1ccccc1. The van der Waals surface area contributed by atoms with Gasteiger partial charge in [0.1, 0.15) is 0 Å². The quantitative estimate of drug-likeness (QED) is 0.562. The number of rotatable bonds is 4. The third kappa shape index (κ3) is 3.14. The minimum Gasteiger partial charge on any atom is -0.268 e. The third-order valence-corrected chi connectivity index (χ3v) is 4.48. The van der Waals surface area contributed by atoms with Gasteiger partial charge in [-0.15, -0.1) is 0 Å². The van der Waals surface area contributed by atoms with Crippen molar-refractivity contribution in [2.45, 2.75) is 19.9 Å². The molecule has 2 aromatic carbocycles. The molecule has 2 heterocycles. The summed E-state index contributed by atoms with van der Waals surface area (Å²) >= 11 is 0. The molecule has 4 heteroatoms. The van der Waals surface area contributed by atoms with E-state index in [0.29, 0.717) is 6.54 Å². The highest BCUT2D eigenvalue weighted by Crippen LogP contribution is 2.20. The molecule has 0 atom stereocenters. The molecule has 0 spiro atoms. The first-order valence-corrected chi connectivity index (χ1v) is 8.74. The molecule has 0 radical (unpaired) electrons. The molecule has 0 amide bonds. The summed E-state index contributed by atoms with van der Waals surface area (Å²) in [5, 5.41) is 5.73. The highest BCUT2D eigenvalue weighted by atomic mass is 16.1. The lowest BCUT2D eigenvalue weighted by Gasteiger charge is -2.11. The first-order valence-electron chi connectivity index (χ1n) is 8.74. The maximum Gasteiger partial charge on any atom is 0.267 e. The molecular formula is C22H19N3O. The van der Waals surface area contributed by atoms with Crippen molar-refractivity contribution in [3.8, 4) is 11.3 Å². The Bertz CT molecular complexity index is 1120. The Morgan fingerprint density at radius 3 is 2.54 bits per heavy atom. The summed E-state index contributed by atoms with van der Waals surface area (Å²) in [4.78, 5) is 17.0. The van der Waals surface area contributed by atoms with Crippen molar-refractivity contribution in [1.82, 2.24) is 14.8 Å². The summed E-state index contributed by atoms with van der Waals surface area (Å²) in [7, 11) is 0. The van der Waals surface area contributed by atoms with E-state index in [-0.39, 0.29) is 5.56 Å². The third-order valence-electron chi connectivity index (χ3n) is 4.48. The van der Waals surface area contributed by atoms with Crippen LogP contribution in [0.5, 0.6) is 0 Å². The average molecular weight is 341 g/mol. The van der Waals surface area contributed by atoms with E-state index in [1.54, 1.807) is 6.07 Å². The van der Waals surface area contributed by atoms with Crippen molar-refractivity contribution in [2.24, 2.45) is 0 Å². The Morgan fingerprint density at radius 2 is 1.73 bits per heavy atom. The fourth-order valence-corrected chi connectivity index (χ4v) is 3.12. The van der Waals surface area contributed by atoms with Crippen LogP contribution in [0.1, 0.15) is 18.1 Å². The van der Waals surface area contributed by atoms with E-state index >= 15 is 0 Å². The van der Waals surface area contributed by atoms with Gasteiger partial charge in [-0.1, -0.05) is 55.5 Å². The van der Waals surface area contributed by atoms with Crippen LogP contribution in [0.15, 0.2) is 77.7 Å². The molecule has 0 aliphatic carbocycles. The Labute approximate surface area is 151 Å². The van der Waals surface area contributed by atoms with Gasteiger partial charge in [-0.05, 0) is 29.7 Å². The van der Waals surface area contributed by atoms with Crippen LogP contribution in [0.25, 0.3) is 22.2 Å². The molecule has 0 aliphatic heterocycles. The fraction of sp³-hybridized carbons (Fsp3) is 0.136. The lowest BCUT2D eigenvalue weighted by atomic mass is 10.1. The second kappa shape index (κ2) is 6.92. The zero-order valence-corrected chi connectivity index (χ0v) is 14.6. The summed E-state index contributed by atoms with van der Waals surface area (Å²) in [6, 6.07) is 21.7. The number of benzene rings is 2. The van der Waals surface area contributed by atoms with E-state index in [4.69, 9.17) is 0 Å². The minimum absolute atomic E-state index is 0.0883. The molecule has 2 aromatic heterocycles. The summed E-state index contributed by atoms with van der Waals surface area (Å²) in [6.45, 7) is 2.45. The highest BCUT2D eigenvalue weighted by Gasteiger charge is 2.10. The molecule has 0 saturated heterocycles. The largest absolute Gasteiger partial charge is 0.268 e. The Kier molecular flexibility index (Phi) is 4.32. The molecule has 4 aromatic rings. The van der Waals surface area contributed by atoms with Crippen LogP contribution in [-0.2, 0) is 13.0 Å². The number of fused-ring (bicyclic) bond motifs is 1. The standard InChI is InChI=1S/C22H19N3O/c1-2-17-13-21(26)25(24-22(17)18-8-4-3-5-9-18)15-16-12-19-10-6-7-11-20(19)23-14-16/h3-14H,2,15H2,1H3. The van der Waals surface area contributed by atoms with Gasteiger partial charge < -0.3 is 0 Å². The topological polar surface area (TPSA) is 47.8 Å². The number of aryl methyl sites for hydroxylation is 1. The first-order chi connectivity index (χ1) is 12.7. The second-order valence-electron chi connectivity index (χ2n) is 6.27. The van der Waals surface area contributed by atoms with Gasteiger partial charge in [0.2, 0.25) is 0 Å². The van der Waals surface area contributed by atoms with Gasteiger partial charge in [-0.25, -0.2) is 4.68 Å². The van der Waals surface area contributed by atoms with Gasteiger partial charge in [-0.3, -0.25) is 9.78 Å². The molecule has 0 bridgehead atoms. The summed E-state index contributed by atoms with van der Waals surface area (Å²) in [6.07, 6.45) is 2.58. The molecular weight excluding hydrogens is 322 g/mol. The molecule has 0 aliphatic rings. The van der Waals surface area contributed by atoms with Crippen molar-refractivity contribution in [3.63, 3.8) is 0 Å². The Hall–Kier alpha value is -3.27. The van der Waals surface area contributed by atoms with Gasteiger partial charge in [0.05, 0.1) is 17.8 Å².